The van der Waals surface area contributed by atoms with Gasteiger partial charge in [0.25, 0.3) is 0 Å². The third-order valence-corrected chi connectivity index (χ3v) is 5.36. The zero-order valence-corrected chi connectivity index (χ0v) is 11.7. The van der Waals surface area contributed by atoms with Gasteiger partial charge >= 0.3 is 0 Å². The van der Waals surface area contributed by atoms with Gasteiger partial charge < -0.3 is 5.32 Å². The first-order chi connectivity index (χ1) is 7.58. The molecule has 0 spiro atoms. The fourth-order valence-corrected chi connectivity index (χ4v) is 3.64. The highest BCUT2D eigenvalue weighted by molar-refractivity contribution is 7.16. The van der Waals surface area contributed by atoms with Gasteiger partial charge in [0.1, 0.15) is 0 Å². The number of nitrogens with one attached hydrogen (secondary N) is 1. The van der Waals surface area contributed by atoms with Gasteiger partial charge in [-0.15, -0.1) is 11.3 Å². The Kier molecular flexibility index (Phi) is 3.93. The highest BCUT2D eigenvalue weighted by Crippen LogP contribution is 2.34. The van der Waals surface area contributed by atoms with E-state index >= 15 is 0 Å². The fourth-order valence-electron chi connectivity index (χ4n) is 2.56. The maximum absolute atomic E-state index is 5.96. The van der Waals surface area contributed by atoms with Crippen molar-refractivity contribution < 1.29 is 0 Å². The summed E-state index contributed by atoms with van der Waals surface area (Å²) in [7, 11) is 0. The van der Waals surface area contributed by atoms with E-state index in [0.29, 0.717) is 12.1 Å². The molecule has 16 heavy (non-hydrogen) atoms. The molecule has 0 aliphatic heterocycles. The Hall–Kier alpha value is -0.0500. The van der Waals surface area contributed by atoms with Crippen LogP contribution in [0.4, 0.5) is 0 Å². The van der Waals surface area contributed by atoms with Gasteiger partial charge in [0, 0.05) is 17.0 Å². The molecule has 1 nitrogen and oxygen atoms in total. The summed E-state index contributed by atoms with van der Waals surface area (Å²) in [4.78, 5) is 1.34. The second kappa shape index (κ2) is 5.07. The smallest absolute Gasteiger partial charge is 0.0931 e. The fraction of sp³-hybridized carbons (Fsp3) is 0.692. The Morgan fingerprint density at radius 1 is 1.38 bits per heavy atom. The lowest BCUT2D eigenvalue weighted by Gasteiger charge is -2.23. The van der Waals surface area contributed by atoms with E-state index in [9.17, 15) is 0 Å². The minimum atomic E-state index is 0.426. The van der Waals surface area contributed by atoms with Crippen LogP contribution in [-0.2, 0) is 0 Å². The molecule has 1 aromatic heterocycles. The van der Waals surface area contributed by atoms with Crippen molar-refractivity contribution in [3.8, 4) is 0 Å². The molecule has 0 amide bonds. The lowest BCUT2D eigenvalue weighted by molar-refractivity contribution is 0.348. The van der Waals surface area contributed by atoms with Gasteiger partial charge in [0.2, 0.25) is 0 Å². The van der Waals surface area contributed by atoms with E-state index in [1.807, 2.05) is 6.07 Å². The highest BCUT2D eigenvalue weighted by Gasteiger charge is 2.30. The average Bonchev–Trinajstić information content (AvgIpc) is 2.79. The molecule has 1 saturated carbocycles. The van der Waals surface area contributed by atoms with Crippen LogP contribution in [0, 0.1) is 11.8 Å². The molecule has 1 heterocycles. The minimum Gasteiger partial charge on any atom is -0.306 e. The van der Waals surface area contributed by atoms with E-state index in [1.165, 1.54) is 17.7 Å². The van der Waals surface area contributed by atoms with Crippen LogP contribution in [0.5, 0.6) is 0 Å². The summed E-state index contributed by atoms with van der Waals surface area (Å²) in [6, 6.07) is 5.22. The Morgan fingerprint density at radius 3 is 2.62 bits per heavy atom. The molecule has 4 atom stereocenters. The van der Waals surface area contributed by atoms with E-state index in [1.54, 1.807) is 11.3 Å². The Balaban J connectivity index is 1.95. The van der Waals surface area contributed by atoms with Gasteiger partial charge in [-0.1, -0.05) is 25.4 Å². The van der Waals surface area contributed by atoms with Gasteiger partial charge in [0.15, 0.2) is 0 Å². The Bertz CT molecular complexity index is 349. The summed E-state index contributed by atoms with van der Waals surface area (Å²) in [6.07, 6.45) is 2.67. The number of thiophene rings is 1. The zero-order valence-electron chi connectivity index (χ0n) is 10.2. The molecule has 0 radical (unpaired) electrons. The number of hydrogen-bond donors (Lipinski definition) is 1. The van der Waals surface area contributed by atoms with E-state index in [-0.39, 0.29) is 0 Å². The Labute approximate surface area is 107 Å². The first-order valence-corrected chi connectivity index (χ1v) is 7.28. The first-order valence-electron chi connectivity index (χ1n) is 6.09. The summed E-state index contributed by atoms with van der Waals surface area (Å²) < 4.78 is 0.886. The normalized spacial score (nSPS) is 31.9. The van der Waals surface area contributed by atoms with Crippen molar-refractivity contribution in [3.05, 3.63) is 21.3 Å². The molecular formula is C13H20ClNS. The van der Waals surface area contributed by atoms with E-state index in [0.717, 1.165) is 16.2 Å². The Morgan fingerprint density at radius 2 is 2.12 bits per heavy atom. The average molecular weight is 258 g/mol. The van der Waals surface area contributed by atoms with E-state index in [2.05, 4.69) is 32.2 Å². The van der Waals surface area contributed by atoms with Crippen molar-refractivity contribution >= 4 is 22.9 Å². The van der Waals surface area contributed by atoms with Crippen molar-refractivity contribution in [1.82, 2.24) is 5.32 Å². The summed E-state index contributed by atoms with van der Waals surface area (Å²) in [5.41, 5.74) is 0. The zero-order chi connectivity index (χ0) is 11.7. The van der Waals surface area contributed by atoms with Crippen LogP contribution >= 0.6 is 22.9 Å². The summed E-state index contributed by atoms with van der Waals surface area (Å²) >= 11 is 7.65. The largest absolute Gasteiger partial charge is 0.306 e. The predicted molar refractivity (Wildman–Crippen MR) is 72.2 cm³/mol. The van der Waals surface area contributed by atoms with Crippen LogP contribution in [0.1, 0.15) is 44.5 Å². The van der Waals surface area contributed by atoms with Gasteiger partial charge in [0.05, 0.1) is 4.34 Å². The second-order valence-electron chi connectivity index (χ2n) is 5.05. The number of hydrogen-bond acceptors (Lipinski definition) is 2. The highest BCUT2D eigenvalue weighted by atomic mass is 35.5. The molecule has 1 aliphatic carbocycles. The molecule has 1 fully saturated rings. The lowest BCUT2D eigenvalue weighted by atomic mass is 9.97. The standard InChI is InChI=1S/C13H20ClNS/c1-8-4-5-11(9(8)2)15-10(3)12-6-7-13(14)16-12/h6-11,15H,4-5H2,1-3H3. The third-order valence-electron chi connectivity index (χ3n) is 3.95. The summed E-state index contributed by atoms with van der Waals surface area (Å²) in [5, 5.41) is 3.74. The van der Waals surface area contributed by atoms with Crippen molar-refractivity contribution in [2.45, 2.75) is 45.7 Å². The van der Waals surface area contributed by atoms with Crippen LogP contribution < -0.4 is 5.32 Å². The minimum absolute atomic E-state index is 0.426. The molecule has 1 aliphatic rings. The van der Waals surface area contributed by atoms with Gasteiger partial charge in [-0.3, -0.25) is 0 Å². The van der Waals surface area contributed by atoms with Crippen molar-refractivity contribution in [2.24, 2.45) is 11.8 Å². The monoisotopic (exact) mass is 257 g/mol. The van der Waals surface area contributed by atoms with Gasteiger partial charge in [-0.05, 0) is 43.7 Å². The van der Waals surface area contributed by atoms with E-state index in [4.69, 9.17) is 11.6 Å². The molecule has 4 unspecified atom stereocenters. The SMILES string of the molecule is CC(NC1CCC(C)C1C)c1ccc(Cl)s1. The predicted octanol–water partition coefficient (Wildman–Crippen LogP) is 4.49. The van der Waals surface area contributed by atoms with Crippen LogP contribution in [0.2, 0.25) is 4.34 Å². The molecule has 0 aromatic carbocycles. The summed E-state index contributed by atoms with van der Waals surface area (Å²) in [6.45, 7) is 6.96. The van der Waals surface area contributed by atoms with Crippen molar-refractivity contribution in [1.29, 1.82) is 0 Å². The van der Waals surface area contributed by atoms with Crippen LogP contribution in [0.15, 0.2) is 12.1 Å². The van der Waals surface area contributed by atoms with Crippen LogP contribution in [-0.4, -0.2) is 6.04 Å². The lowest BCUT2D eigenvalue weighted by Crippen LogP contribution is -2.34. The molecule has 0 bridgehead atoms. The van der Waals surface area contributed by atoms with Crippen molar-refractivity contribution in [2.75, 3.05) is 0 Å². The van der Waals surface area contributed by atoms with Gasteiger partial charge in [-0.2, -0.15) is 0 Å². The topological polar surface area (TPSA) is 12.0 Å². The van der Waals surface area contributed by atoms with E-state index < -0.39 is 0 Å². The molecule has 90 valence electrons. The molecule has 2 rings (SSSR count). The van der Waals surface area contributed by atoms with Crippen LogP contribution in [0.3, 0.4) is 0 Å². The first kappa shape index (κ1) is 12.4. The number of rotatable bonds is 3. The van der Waals surface area contributed by atoms with Gasteiger partial charge in [-0.25, -0.2) is 0 Å². The molecule has 1 N–H and O–H groups in total. The number of halogens is 1. The maximum atomic E-state index is 5.96. The van der Waals surface area contributed by atoms with Crippen molar-refractivity contribution in [3.63, 3.8) is 0 Å². The summed E-state index contributed by atoms with van der Waals surface area (Å²) in [5.74, 6) is 1.65. The maximum Gasteiger partial charge on any atom is 0.0931 e. The molecule has 1 aromatic rings. The molecular weight excluding hydrogens is 238 g/mol. The second-order valence-corrected chi connectivity index (χ2v) is 6.80. The molecule has 3 heteroatoms. The molecule has 0 saturated heterocycles. The third kappa shape index (κ3) is 2.61. The van der Waals surface area contributed by atoms with Crippen LogP contribution in [0.25, 0.3) is 0 Å². The quantitative estimate of drug-likeness (QED) is 0.842.